The van der Waals surface area contributed by atoms with Crippen LogP contribution in [-0.2, 0) is 10.0 Å². The second-order valence-corrected chi connectivity index (χ2v) is 7.89. The Bertz CT molecular complexity index is 601. The summed E-state index contributed by atoms with van der Waals surface area (Å²) >= 11 is 5.93. The van der Waals surface area contributed by atoms with Crippen molar-refractivity contribution in [3.63, 3.8) is 0 Å². The van der Waals surface area contributed by atoms with Crippen LogP contribution in [-0.4, -0.2) is 25.8 Å². The van der Waals surface area contributed by atoms with E-state index >= 15 is 0 Å². The van der Waals surface area contributed by atoms with Crippen LogP contribution in [0.2, 0.25) is 5.02 Å². The Labute approximate surface area is 126 Å². The first kappa shape index (κ1) is 15.6. The van der Waals surface area contributed by atoms with Gasteiger partial charge in [-0.05, 0) is 49.8 Å². The average Bonchev–Trinajstić information content (AvgIpc) is 2.59. The number of hydrogen-bond donors (Lipinski definition) is 1. The Morgan fingerprint density at radius 1 is 1.30 bits per heavy atom. The highest BCUT2D eigenvalue weighted by molar-refractivity contribution is 7.89. The van der Waals surface area contributed by atoms with Crippen LogP contribution >= 0.6 is 11.6 Å². The van der Waals surface area contributed by atoms with Crippen molar-refractivity contribution in [2.75, 3.05) is 18.8 Å². The zero-order valence-corrected chi connectivity index (χ0v) is 13.5. The Hall–Kier alpha value is -0.780. The van der Waals surface area contributed by atoms with Gasteiger partial charge in [-0.25, -0.2) is 8.42 Å². The van der Waals surface area contributed by atoms with Crippen molar-refractivity contribution in [3.8, 4) is 0 Å². The van der Waals surface area contributed by atoms with Gasteiger partial charge in [0.25, 0.3) is 0 Å². The number of aryl methyl sites for hydroxylation is 1. The van der Waals surface area contributed by atoms with Gasteiger partial charge < -0.3 is 5.73 Å². The number of benzene rings is 1. The second-order valence-electron chi connectivity index (χ2n) is 5.58. The minimum absolute atomic E-state index is 0.272. The lowest BCUT2D eigenvalue weighted by Crippen LogP contribution is -2.32. The maximum atomic E-state index is 12.8. The van der Waals surface area contributed by atoms with Gasteiger partial charge in [-0.2, -0.15) is 4.31 Å². The lowest BCUT2D eigenvalue weighted by Gasteiger charge is -2.21. The lowest BCUT2D eigenvalue weighted by atomic mass is 10.0. The minimum Gasteiger partial charge on any atom is -0.397 e. The highest BCUT2D eigenvalue weighted by atomic mass is 35.5. The number of rotatable bonds is 2. The van der Waals surface area contributed by atoms with Gasteiger partial charge in [0.2, 0.25) is 10.0 Å². The van der Waals surface area contributed by atoms with E-state index < -0.39 is 10.0 Å². The maximum absolute atomic E-state index is 12.8. The Balaban J connectivity index is 2.37. The molecule has 112 valence electrons. The van der Waals surface area contributed by atoms with Gasteiger partial charge in [0.05, 0.1) is 15.6 Å². The van der Waals surface area contributed by atoms with Crippen LogP contribution in [0.5, 0.6) is 0 Å². The Kier molecular flexibility index (Phi) is 4.62. The van der Waals surface area contributed by atoms with Gasteiger partial charge in [0.1, 0.15) is 0 Å². The SMILES string of the molecule is Cc1cc(Cl)c(N)cc1S(=O)(=O)N1CCCC(C)CC1. The summed E-state index contributed by atoms with van der Waals surface area (Å²) in [5.74, 6) is 0.576. The second kappa shape index (κ2) is 5.92. The van der Waals surface area contributed by atoms with Crippen molar-refractivity contribution >= 4 is 27.3 Å². The van der Waals surface area contributed by atoms with Crippen LogP contribution in [0.1, 0.15) is 31.7 Å². The summed E-state index contributed by atoms with van der Waals surface area (Å²) in [6.07, 6.45) is 2.89. The normalized spacial score (nSPS) is 21.6. The topological polar surface area (TPSA) is 63.4 Å². The van der Waals surface area contributed by atoms with Crippen molar-refractivity contribution in [2.45, 2.75) is 38.0 Å². The molecular formula is C14H21ClN2O2S. The third-order valence-corrected chi connectivity index (χ3v) is 6.26. The molecule has 0 bridgehead atoms. The van der Waals surface area contributed by atoms with Crippen molar-refractivity contribution < 1.29 is 8.42 Å². The lowest BCUT2D eigenvalue weighted by molar-refractivity contribution is 0.416. The molecule has 6 heteroatoms. The predicted molar refractivity (Wildman–Crippen MR) is 82.4 cm³/mol. The van der Waals surface area contributed by atoms with Gasteiger partial charge in [0.15, 0.2) is 0 Å². The zero-order chi connectivity index (χ0) is 14.9. The van der Waals surface area contributed by atoms with Crippen LogP contribution < -0.4 is 5.73 Å². The fourth-order valence-electron chi connectivity index (χ4n) is 2.56. The van der Waals surface area contributed by atoms with E-state index in [0.29, 0.717) is 35.3 Å². The molecule has 2 N–H and O–H groups in total. The van der Waals surface area contributed by atoms with Gasteiger partial charge in [-0.15, -0.1) is 0 Å². The molecule has 1 heterocycles. The van der Waals surface area contributed by atoms with E-state index in [4.69, 9.17) is 17.3 Å². The Morgan fingerprint density at radius 3 is 2.70 bits per heavy atom. The smallest absolute Gasteiger partial charge is 0.243 e. The van der Waals surface area contributed by atoms with E-state index in [1.807, 2.05) is 0 Å². The van der Waals surface area contributed by atoms with E-state index in [-0.39, 0.29) is 4.90 Å². The largest absolute Gasteiger partial charge is 0.397 e. The van der Waals surface area contributed by atoms with Gasteiger partial charge in [0, 0.05) is 13.1 Å². The van der Waals surface area contributed by atoms with Gasteiger partial charge >= 0.3 is 0 Å². The van der Waals surface area contributed by atoms with Gasteiger partial charge in [-0.3, -0.25) is 0 Å². The standard InChI is InChI=1S/C14H21ClN2O2S/c1-10-4-3-6-17(7-5-10)20(18,19)14-9-13(16)12(15)8-11(14)2/h8-10H,3-7,16H2,1-2H3. The zero-order valence-electron chi connectivity index (χ0n) is 11.9. The number of nitrogens with zero attached hydrogens (tertiary/aromatic N) is 1. The van der Waals surface area contributed by atoms with E-state index in [0.717, 1.165) is 19.3 Å². The third-order valence-electron chi connectivity index (χ3n) is 3.89. The first-order chi connectivity index (χ1) is 9.32. The minimum atomic E-state index is -3.48. The number of anilines is 1. The van der Waals surface area contributed by atoms with Crippen LogP contribution in [0.3, 0.4) is 0 Å². The molecule has 0 amide bonds. The predicted octanol–water partition coefficient (Wildman–Crippen LogP) is 3.04. The van der Waals surface area contributed by atoms with Crippen molar-refractivity contribution in [2.24, 2.45) is 5.92 Å². The molecule has 0 saturated carbocycles. The summed E-state index contributed by atoms with van der Waals surface area (Å²) in [6.45, 7) is 5.07. The highest BCUT2D eigenvalue weighted by Gasteiger charge is 2.28. The molecule has 1 unspecified atom stereocenters. The first-order valence-corrected chi connectivity index (χ1v) is 8.70. The first-order valence-electron chi connectivity index (χ1n) is 6.88. The van der Waals surface area contributed by atoms with Crippen LogP contribution in [0, 0.1) is 12.8 Å². The van der Waals surface area contributed by atoms with Crippen LogP contribution in [0.25, 0.3) is 0 Å². The molecule has 0 radical (unpaired) electrons. The fourth-order valence-corrected chi connectivity index (χ4v) is 4.52. The summed E-state index contributed by atoms with van der Waals surface area (Å²) in [5.41, 5.74) is 6.70. The molecule has 2 rings (SSSR count). The molecule has 1 aliphatic rings. The maximum Gasteiger partial charge on any atom is 0.243 e. The summed E-state index contributed by atoms with van der Waals surface area (Å²) in [6, 6.07) is 3.09. The number of nitrogen functional groups attached to an aromatic ring is 1. The van der Waals surface area contributed by atoms with Crippen LogP contribution in [0.15, 0.2) is 17.0 Å². The van der Waals surface area contributed by atoms with Crippen molar-refractivity contribution in [3.05, 3.63) is 22.7 Å². The Morgan fingerprint density at radius 2 is 2.00 bits per heavy atom. The van der Waals surface area contributed by atoms with E-state index in [1.165, 1.54) is 6.07 Å². The highest BCUT2D eigenvalue weighted by Crippen LogP contribution is 2.29. The van der Waals surface area contributed by atoms with Gasteiger partial charge in [-0.1, -0.05) is 18.5 Å². The van der Waals surface area contributed by atoms with Crippen molar-refractivity contribution in [1.82, 2.24) is 4.31 Å². The molecule has 0 aliphatic carbocycles. The summed E-state index contributed by atoms with van der Waals surface area (Å²) in [7, 11) is -3.48. The summed E-state index contributed by atoms with van der Waals surface area (Å²) < 4.78 is 27.1. The van der Waals surface area contributed by atoms with Crippen molar-refractivity contribution in [1.29, 1.82) is 0 Å². The molecule has 1 aromatic carbocycles. The molecule has 0 spiro atoms. The molecule has 1 saturated heterocycles. The molecule has 1 atom stereocenters. The third kappa shape index (κ3) is 3.10. The number of hydrogen-bond acceptors (Lipinski definition) is 3. The fraction of sp³-hybridized carbons (Fsp3) is 0.571. The van der Waals surface area contributed by atoms with E-state index in [2.05, 4.69) is 6.92 Å². The molecule has 0 aromatic heterocycles. The van der Waals surface area contributed by atoms with E-state index in [1.54, 1.807) is 17.3 Å². The molecular weight excluding hydrogens is 296 g/mol. The molecule has 4 nitrogen and oxygen atoms in total. The summed E-state index contributed by atoms with van der Waals surface area (Å²) in [4.78, 5) is 0.272. The number of halogens is 1. The van der Waals surface area contributed by atoms with E-state index in [9.17, 15) is 8.42 Å². The molecule has 1 fully saturated rings. The number of nitrogens with two attached hydrogens (primary N) is 1. The van der Waals surface area contributed by atoms with Crippen LogP contribution in [0.4, 0.5) is 5.69 Å². The number of sulfonamides is 1. The average molecular weight is 317 g/mol. The molecule has 1 aliphatic heterocycles. The molecule has 1 aromatic rings. The quantitative estimate of drug-likeness (QED) is 0.853. The monoisotopic (exact) mass is 316 g/mol. The summed E-state index contributed by atoms with van der Waals surface area (Å²) in [5, 5.41) is 0.394. The molecule has 20 heavy (non-hydrogen) atoms.